The number of nitrogens with zero attached hydrogens (tertiary/aromatic N) is 2. The number of fused-ring (bicyclic) bond motifs is 1. The lowest BCUT2D eigenvalue weighted by atomic mass is 10.1. The standard InChI is InChI=1S/C15H14N2O3/c1-10-5-6-13(16-9-10)17-7-8-20-14-11(15(18)19)3-2-4-12(14)17/h2-6,9H,7-8H2,1H3,(H,18,19). The van der Waals surface area contributed by atoms with E-state index in [9.17, 15) is 9.90 Å². The van der Waals surface area contributed by atoms with E-state index >= 15 is 0 Å². The molecule has 1 aromatic heterocycles. The number of ether oxygens (including phenoxy) is 1. The van der Waals surface area contributed by atoms with Gasteiger partial charge in [0.25, 0.3) is 0 Å². The lowest BCUT2D eigenvalue weighted by Crippen LogP contribution is -2.30. The molecule has 102 valence electrons. The molecule has 1 aliphatic rings. The summed E-state index contributed by atoms with van der Waals surface area (Å²) >= 11 is 0. The zero-order valence-corrected chi connectivity index (χ0v) is 11.0. The third-order valence-electron chi connectivity index (χ3n) is 3.25. The van der Waals surface area contributed by atoms with Gasteiger partial charge >= 0.3 is 5.97 Å². The van der Waals surface area contributed by atoms with Gasteiger partial charge in [-0.05, 0) is 30.7 Å². The van der Waals surface area contributed by atoms with Crippen LogP contribution in [-0.2, 0) is 0 Å². The fourth-order valence-electron chi connectivity index (χ4n) is 2.27. The molecule has 5 heteroatoms. The quantitative estimate of drug-likeness (QED) is 0.908. The Hall–Kier alpha value is -2.56. The van der Waals surface area contributed by atoms with Crippen molar-refractivity contribution < 1.29 is 14.6 Å². The fourth-order valence-corrected chi connectivity index (χ4v) is 2.27. The number of benzene rings is 1. The number of anilines is 2. The normalized spacial score (nSPS) is 13.6. The highest BCUT2D eigenvalue weighted by atomic mass is 16.5. The summed E-state index contributed by atoms with van der Waals surface area (Å²) in [4.78, 5) is 17.6. The Kier molecular flexibility index (Phi) is 3.02. The predicted octanol–water partition coefficient (Wildman–Crippen LogP) is 2.62. The molecule has 0 atom stereocenters. The molecule has 2 heterocycles. The molecule has 0 amide bonds. The Morgan fingerprint density at radius 1 is 1.35 bits per heavy atom. The van der Waals surface area contributed by atoms with Crippen molar-refractivity contribution in [1.29, 1.82) is 0 Å². The molecule has 20 heavy (non-hydrogen) atoms. The first-order valence-electron chi connectivity index (χ1n) is 6.36. The van der Waals surface area contributed by atoms with E-state index in [0.29, 0.717) is 18.9 Å². The van der Waals surface area contributed by atoms with Crippen molar-refractivity contribution >= 4 is 17.5 Å². The van der Waals surface area contributed by atoms with E-state index in [1.54, 1.807) is 18.3 Å². The van der Waals surface area contributed by atoms with Crippen LogP contribution in [0.3, 0.4) is 0 Å². The number of carbonyl (C=O) groups is 1. The molecule has 1 aliphatic heterocycles. The van der Waals surface area contributed by atoms with Crippen molar-refractivity contribution in [3.63, 3.8) is 0 Å². The van der Waals surface area contributed by atoms with Gasteiger partial charge in [-0.2, -0.15) is 0 Å². The van der Waals surface area contributed by atoms with E-state index < -0.39 is 5.97 Å². The van der Waals surface area contributed by atoms with Gasteiger partial charge in [0, 0.05) is 6.20 Å². The fraction of sp³-hybridized carbons (Fsp3) is 0.200. The molecule has 1 N–H and O–H groups in total. The van der Waals surface area contributed by atoms with Gasteiger partial charge in [0.05, 0.1) is 12.2 Å². The van der Waals surface area contributed by atoms with Crippen molar-refractivity contribution in [2.45, 2.75) is 6.92 Å². The van der Waals surface area contributed by atoms with Crippen LogP contribution in [0.4, 0.5) is 11.5 Å². The number of hydrogen-bond donors (Lipinski definition) is 1. The molecule has 0 radical (unpaired) electrons. The highest BCUT2D eigenvalue weighted by molar-refractivity contribution is 5.94. The van der Waals surface area contributed by atoms with Crippen LogP contribution < -0.4 is 9.64 Å². The molecule has 0 saturated carbocycles. The first-order valence-corrected chi connectivity index (χ1v) is 6.36. The van der Waals surface area contributed by atoms with Gasteiger partial charge in [-0.25, -0.2) is 9.78 Å². The van der Waals surface area contributed by atoms with Crippen LogP contribution in [0.25, 0.3) is 0 Å². The molecule has 0 unspecified atom stereocenters. The molecule has 1 aromatic carbocycles. The molecule has 0 saturated heterocycles. The van der Waals surface area contributed by atoms with E-state index in [-0.39, 0.29) is 5.56 Å². The van der Waals surface area contributed by atoms with Crippen LogP contribution in [0.5, 0.6) is 5.75 Å². The number of aryl methyl sites for hydroxylation is 1. The lowest BCUT2D eigenvalue weighted by Gasteiger charge is -2.31. The second kappa shape index (κ2) is 4.85. The Morgan fingerprint density at radius 2 is 2.20 bits per heavy atom. The molecular weight excluding hydrogens is 256 g/mol. The van der Waals surface area contributed by atoms with E-state index in [1.807, 2.05) is 30.0 Å². The average molecular weight is 270 g/mol. The average Bonchev–Trinajstić information content (AvgIpc) is 2.47. The predicted molar refractivity (Wildman–Crippen MR) is 74.9 cm³/mol. The molecule has 3 rings (SSSR count). The van der Waals surface area contributed by atoms with Gasteiger partial charge in [0.2, 0.25) is 0 Å². The first kappa shape index (κ1) is 12.5. The van der Waals surface area contributed by atoms with Gasteiger partial charge in [0.1, 0.15) is 18.0 Å². The summed E-state index contributed by atoms with van der Waals surface area (Å²) in [6.45, 7) is 3.06. The molecular formula is C15H14N2O3. The zero-order chi connectivity index (χ0) is 14.1. The minimum atomic E-state index is -0.986. The third kappa shape index (κ3) is 2.07. The SMILES string of the molecule is Cc1ccc(N2CCOc3c(C(=O)O)cccc32)nc1. The topological polar surface area (TPSA) is 62.7 Å². The van der Waals surface area contributed by atoms with E-state index in [4.69, 9.17) is 4.74 Å². The summed E-state index contributed by atoms with van der Waals surface area (Å²) in [5, 5.41) is 9.22. The maximum atomic E-state index is 11.2. The van der Waals surface area contributed by atoms with Crippen molar-refractivity contribution in [2.75, 3.05) is 18.1 Å². The van der Waals surface area contributed by atoms with Crippen molar-refractivity contribution in [2.24, 2.45) is 0 Å². The van der Waals surface area contributed by atoms with Crippen molar-refractivity contribution in [3.05, 3.63) is 47.7 Å². The van der Waals surface area contributed by atoms with Gasteiger partial charge in [-0.3, -0.25) is 0 Å². The largest absolute Gasteiger partial charge is 0.489 e. The van der Waals surface area contributed by atoms with Crippen LogP contribution >= 0.6 is 0 Å². The van der Waals surface area contributed by atoms with Crippen LogP contribution in [0.1, 0.15) is 15.9 Å². The number of carboxylic acids is 1. The van der Waals surface area contributed by atoms with Crippen LogP contribution in [0, 0.1) is 6.92 Å². The number of para-hydroxylation sites is 1. The molecule has 0 spiro atoms. The Bertz CT molecular complexity index is 653. The second-order valence-electron chi connectivity index (χ2n) is 4.65. The van der Waals surface area contributed by atoms with E-state index in [1.165, 1.54) is 0 Å². The van der Waals surface area contributed by atoms with Crippen LogP contribution in [0.15, 0.2) is 36.5 Å². The highest BCUT2D eigenvalue weighted by Crippen LogP contribution is 2.38. The van der Waals surface area contributed by atoms with Crippen molar-refractivity contribution in [3.8, 4) is 5.75 Å². The van der Waals surface area contributed by atoms with Gasteiger partial charge in [-0.15, -0.1) is 0 Å². The number of pyridine rings is 1. The summed E-state index contributed by atoms with van der Waals surface area (Å²) in [6, 6.07) is 9.03. The molecule has 0 fully saturated rings. The molecule has 0 aliphatic carbocycles. The zero-order valence-electron chi connectivity index (χ0n) is 11.0. The van der Waals surface area contributed by atoms with Crippen LogP contribution in [-0.4, -0.2) is 29.2 Å². The lowest BCUT2D eigenvalue weighted by molar-refractivity contribution is 0.0692. The summed E-state index contributed by atoms with van der Waals surface area (Å²) in [5.74, 6) is 0.219. The summed E-state index contributed by atoms with van der Waals surface area (Å²) < 4.78 is 5.54. The minimum Gasteiger partial charge on any atom is -0.489 e. The smallest absolute Gasteiger partial charge is 0.339 e. The Labute approximate surface area is 116 Å². The first-order chi connectivity index (χ1) is 9.66. The number of hydrogen-bond acceptors (Lipinski definition) is 4. The monoisotopic (exact) mass is 270 g/mol. The van der Waals surface area contributed by atoms with Gasteiger partial charge in [-0.1, -0.05) is 12.1 Å². The number of aromatic carboxylic acids is 1. The van der Waals surface area contributed by atoms with Crippen molar-refractivity contribution in [1.82, 2.24) is 4.98 Å². The van der Waals surface area contributed by atoms with E-state index in [2.05, 4.69) is 4.98 Å². The maximum absolute atomic E-state index is 11.2. The summed E-state index contributed by atoms with van der Waals surface area (Å²) in [6.07, 6.45) is 1.80. The highest BCUT2D eigenvalue weighted by Gasteiger charge is 2.24. The molecule has 2 aromatic rings. The number of aromatic nitrogens is 1. The summed E-state index contributed by atoms with van der Waals surface area (Å²) in [7, 11) is 0. The van der Waals surface area contributed by atoms with E-state index in [0.717, 1.165) is 17.1 Å². The van der Waals surface area contributed by atoms with Gasteiger partial charge in [0.15, 0.2) is 5.75 Å². The van der Waals surface area contributed by atoms with Gasteiger partial charge < -0.3 is 14.7 Å². The number of rotatable bonds is 2. The third-order valence-corrected chi connectivity index (χ3v) is 3.25. The summed E-state index contributed by atoms with van der Waals surface area (Å²) in [5.41, 5.74) is 2.01. The molecule has 5 nitrogen and oxygen atoms in total. The van der Waals surface area contributed by atoms with Crippen LogP contribution in [0.2, 0.25) is 0 Å². The minimum absolute atomic E-state index is 0.180. The second-order valence-corrected chi connectivity index (χ2v) is 4.65. The Morgan fingerprint density at radius 3 is 2.90 bits per heavy atom. The molecule has 0 bridgehead atoms. The maximum Gasteiger partial charge on any atom is 0.339 e. The Balaban J connectivity index is 2.08. The number of carboxylic acid groups (broad SMARTS) is 1.